The van der Waals surface area contributed by atoms with Crippen LogP contribution in [0.4, 0.5) is 0 Å². The van der Waals surface area contributed by atoms with Crippen molar-refractivity contribution in [3.8, 4) is 0 Å². The number of rotatable bonds is 35. The van der Waals surface area contributed by atoms with Gasteiger partial charge in [-0.2, -0.15) is 0 Å². The fourth-order valence-corrected chi connectivity index (χ4v) is 5.82. The summed E-state index contributed by atoms with van der Waals surface area (Å²) in [5.41, 5.74) is 0. The van der Waals surface area contributed by atoms with Gasteiger partial charge in [0, 0.05) is 13.0 Å². The Bertz CT molecular complexity index is 756. The van der Waals surface area contributed by atoms with Crippen LogP contribution < -0.4 is 0 Å². The quantitative estimate of drug-likeness (QED) is 0.0235. The Morgan fingerprint density at radius 1 is 0.652 bits per heavy atom. The van der Waals surface area contributed by atoms with Crippen molar-refractivity contribution in [2.24, 2.45) is 0 Å². The van der Waals surface area contributed by atoms with Crippen LogP contribution >= 0.6 is 7.82 Å². The number of nitrogens with zero attached hydrogens (tertiary/aromatic N) is 1. The first kappa shape index (κ1) is 45.2. The van der Waals surface area contributed by atoms with Crippen LogP contribution in [0.2, 0.25) is 0 Å². The van der Waals surface area contributed by atoms with E-state index >= 15 is 0 Å². The van der Waals surface area contributed by atoms with Gasteiger partial charge in [-0.15, -0.1) is 0 Å². The molecule has 0 spiro atoms. The largest absolute Gasteiger partial charge is 0.472 e. The lowest BCUT2D eigenvalue weighted by atomic mass is 10.1. The van der Waals surface area contributed by atoms with Crippen LogP contribution in [0.3, 0.4) is 0 Å². The topological polar surface area (TPSA) is 91.3 Å². The third-order valence-corrected chi connectivity index (χ3v) is 9.06. The Morgan fingerprint density at radius 3 is 1.65 bits per heavy atom. The number of esters is 1. The van der Waals surface area contributed by atoms with Gasteiger partial charge in [-0.1, -0.05) is 129 Å². The average Bonchev–Trinajstić information content (AvgIpc) is 2.99. The van der Waals surface area contributed by atoms with Crippen molar-refractivity contribution in [2.45, 2.75) is 168 Å². The molecule has 0 fully saturated rings. The Kier molecular flexibility index (Phi) is 31.0. The van der Waals surface area contributed by atoms with E-state index in [4.69, 9.17) is 18.5 Å². The number of allylic oxidation sites excluding steroid dienone is 2. The third kappa shape index (κ3) is 34.6. The van der Waals surface area contributed by atoms with E-state index in [0.717, 1.165) is 32.1 Å². The molecule has 0 rings (SSSR count). The molecular weight excluding hydrogens is 601 g/mol. The van der Waals surface area contributed by atoms with Crippen molar-refractivity contribution in [3.63, 3.8) is 0 Å². The molecule has 0 aromatic carbocycles. The van der Waals surface area contributed by atoms with Gasteiger partial charge in [-0.25, -0.2) is 4.57 Å². The van der Waals surface area contributed by atoms with Crippen LogP contribution in [0.25, 0.3) is 0 Å². The second-order valence-electron chi connectivity index (χ2n) is 14.0. The normalized spacial score (nSPS) is 14.1. The van der Waals surface area contributed by atoms with Gasteiger partial charge in [-0.05, 0) is 38.5 Å². The molecule has 0 heterocycles. The number of phosphoric ester groups is 1. The van der Waals surface area contributed by atoms with Gasteiger partial charge >= 0.3 is 13.8 Å². The number of hydrogen-bond acceptors (Lipinski definition) is 6. The van der Waals surface area contributed by atoms with Crippen molar-refractivity contribution in [1.82, 2.24) is 0 Å². The van der Waals surface area contributed by atoms with Crippen LogP contribution in [-0.4, -0.2) is 75.6 Å². The van der Waals surface area contributed by atoms with Gasteiger partial charge in [0.1, 0.15) is 19.3 Å². The highest BCUT2D eigenvalue weighted by atomic mass is 31.2. The Labute approximate surface area is 284 Å². The summed E-state index contributed by atoms with van der Waals surface area (Å²) in [4.78, 5) is 22.7. The molecule has 0 aromatic heterocycles. The van der Waals surface area contributed by atoms with Crippen LogP contribution in [0.1, 0.15) is 162 Å². The number of likely N-dealkylation sites (N-methyl/N-ethyl adjacent to an activating group) is 1. The van der Waals surface area contributed by atoms with Crippen LogP contribution in [0.15, 0.2) is 12.2 Å². The van der Waals surface area contributed by atoms with Gasteiger partial charge < -0.3 is 18.9 Å². The molecular formula is C37H75NO7P+. The predicted molar refractivity (Wildman–Crippen MR) is 192 cm³/mol. The Hall–Kier alpha value is -0.760. The number of quaternary nitrogens is 1. The maximum atomic E-state index is 12.6. The van der Waals surface area contributed by atoms with Gasteiger partial charge in [0.15, 0.2) is 0 Å². The fourth-order valence-electron chi connectivity index (χ4n) is 5.08. The summed E-state index contributed by atoms with van der Waals surface area (Å²) >= 11 is 0. The van der Waals surface area contributed by atoms with Crippen molar-refractivity contribution in [3.05, 3.63) is 12.2 Å². The molecule has 0 aromatic rings. The first-order valence-electron chi connectivity index (χ1n) is 18.9. The summed E-state index contributed by atoms with van der Waals surface area (Å²) in [5.74, 6) is -0.321. The number of hydrogen-bond donors (Lipinski definition) is 1. The maximum Gasteiger partial charge on any atom is 0.472 e. The SMILES string of the molecule is CCCCCCCCC/C=C\CCCCCCCCCC(=O)OC(COCCCCCCCC)COP(=O)(O)OCC[N+](C)(C)C. The van der Waals surface area contributed by atoms with Crippen molar-refractivity contribution in [2.75, 3.05) is 54.1 Å². The summed E-state index contributed by atoms with van der Waals surface area (Å²) in [5, 5.41) is 0. The lowest BCUT2D eigenvalue weighted by Crippen LogP contribution is -2.37. The molecule has 1 N–H and O–H groups in total. The number of carbonyl (C=O) groups excluding carboxylic acids is 1. The molecule has 0 amide bonds. The van der Waals surface area contributed by atoms with Gasteiger partial charge in [0.25, 0.3) is 0 Å². The maximum absolute atomic E-state index is 12.6. The van der Waals surface area contributed by atoms with Crippen LogP contribution in [-0.2, 0) is 27.9 Å². The molecule has 9 heteroatoms. The van der Waals surface area contributed by atoms with E-state index < -0.39 is 13.9 Å². The van der Waals surface area contributed by atoms with E-state index in [-0.39, 0.29) is 25.8 Å². The zero-order chi connectivity index (χ0) is 34.2. The average molecular weight is 677 g/mol. The minimum atomic E-state index is -4.25. The highest BCUT2D eigenvalue weighted by molar-refractivity contribution is 7.47. The Morgan fingerprint density at radius 2 is 1.13 bits per heavy atom. The van der Waals surface area contributed by atoms with E-state index in [9.17, 15) is 14.3 Å². The summed E-state index contributed by atoms with van der Waals surface area (Å²) in [6.07, 6.45) is 31.1. The number of phosphoric acid groups is 1. The summed E-state index contributed by atoms with van der Waals surface area (Å²) in [7, 11) is 1.67. The summed E-state index contributed by atoms with van der Waals surface area (Å²) < 4.78 is 34.6. The standard InChI is InChI=1S/C37H74NO7P/c1-6-8-10-12-14-15-16-17-18-19-20-21-22-23-24-25-26-28-30-37(39)45-36(34-42-32-29-27-13-11-9-7-2)35-44-46(40,41)43-33-31-38(3,4)5/h18-19,36H,6-17,20-35H2,1-5H3/p+1/b19-18-. The highest BCUT2D eigenvalue weighted by Crippen LogP contribution is 2.43. The zero-order valence-electron chi connectivity index (χ0n) is 30.8. The molecule has 8 nitrogen and oxygen atoms in total. The predicted octanol–water partition coefficient (Wildman–Crippen LogP) is 10.3. The lowest BCUT2D eigenvalue weighted by Gasteiger charge is -2.24. The fraction of sp³-hybridized carbons (Fsp3) is 0.919. The minimum absolute atomic E-state index is 0.0899. The van der Waals surface area contributed by atoms with Crippen LogP contribution in [0.5, 0.6) is 0 Å². The molecule has 274 valence electrons. The number of carbonyl (C=O) groups is 1. The summed E-state index contributed by atoms with van der Waals surface area (Å²) in [6, 6.07) is 0. The Balaban J connectivity index is 4.14. The number of unbranched alkanes of at least 4 members (excludes halogenated alkanes) is 19. The lowest BCUT2D eigenvalue weighted by molar-refractivity contribution is -0.870. The van der Waals surface area contributed by atoms with Crippen molar-refractivity contribution in [1.29, 1.82) is 0 Å². The van der Waals surface area contributed by atoms with E-state index in [2.05, 4.69) is 26.0 Å². The molecule has 0 radical (unpaired) electrons. The second kappa shape index (κ2) is 31.5. The monoisotopic (exact) mass is 677 g/mol. The zero-order valence-corrected chi connectivity index (χ0v) is 31.7. The van der Waals surface area contributed by atoms with Crippen molar-refractivity contribution < 1.29 is 37.3 Å². The highest BCUT2D eigenvalue weighted by Gasteiger charge is 2.26. The molecule has 0 bridgehead atoms. The molecule has 2 atom stereocenters. The first-order chi connectivity index (χ1) is 22.1. The number of ether oxygens (including phenoxy) is 2. The van der Waals surface area contributed by atoms with Gasteiger partial charge in [0.2, 0.25) is 0 Å². The van der Waals surface area contributed by atoms with E-state index in [1.807, 2.05) is 21.1 Å². The van der Waals surface area contributed by atoms with Crippen LogP contribution in [0, 0.1) is 0 Å². The molecule has 2 unspecified atom stereocenters. The minimum Gasteiger partial charge on any atom is -0.457 e. The smallest absolute Gasteiger partial charge is 0.457 e. The van der Waals surface area contributed by atoms with E-state index in [1.54, 1.807) is 0 Å². The summed E-state index contributed by atoms with van der Waals surface area (Å²) in [6.45, 7) is 5.57. The molecule has 46 heavy (non-hydrogen) atoms. The van der Waals surface area contributed by atoms with E-state index in [1.165, 1.54) is 109 Å². The first-order valence-corrected chi connectivity index (χ1v) is 20.4. The van der Waals surface area contributed by atoms with Crippen molar-refractivity contribution >= 4 is 13.8 Å². The third-order valence-electron chi connectivity index (χ3n) is 8.08. The molecule has 0 saturated carbocycles. The molecule has 0 saturated heterocycles. The molecule has 0 aliphatic heterocycles. The van der Waals surface area contributed by atoms with E-state index in [0.29, 0.717) is 24.1 Å². The molecule has 0 aliphatic carbocycles. The van der Waals surface area contributed by atoms with Gasteiger partial charge in [-0.3, -0.25) is 13.8 Å². The second-order valence-corrected chi connectivity index (χ2v) is 15.4. The molecule has 0 aliphatic rings. The van der Waals surface area contributed by atoms with Gasteiger partial charge in [0.05, 0.1) is 34.4 Å².